The second kappa shape index (κ2) is 5.67. The number of carbonyl (C=O) groups is 1. The van der Waals surface area contributed by atoms with Crippen molar-refractivity contribution in [3.05, 3.63) is 6.92 Å². The van der Waals surface area contributed by atoms with Crippen LogP contribution in [0.2, 0.25) is 0 Å². The van der Waals surface area contributed by atoms with Gasteiger partial charge in [0.2, 0.25) is 5.91 Å². The maximum Gasteiger partial charge on any atom is 0.231 e. The second-order valence-electron chi connectivity index (χ2n) is 1.30. The molecule has 0 saturated heterocycles. The molecule has 0 aromatic carbocycles. The summed E-state index contributed by atoms with van der Waals surface area (Å²) in [6.07, 6.45) is 0.370. The van der Waals surface area contributed by atoms with Crippen LogP contribution >= 0.6 is 0 Å². The van der Waals surface area contributed by atoms with E-state index in [1.54, 1.807) is 0 Å². The Balaban J connectivity index is 0. The fraction of sp³-hybridized carbons (Fsp3) is 0.500. The van der Waals surface area contributed by atoms with Gasteiger partial charge in [-0.3, -0.25) is 4.79 Å². The van der Waals surface area contributed by atoms with Crippen LogP contribution in [0.3, 0.4) is 0 Å². The van der Waals surface area contributed by atoms with Crippen LogP contribution in [0.25, 0.3) is 0 Å². The quantitative estimate of drug-likeness (QED) is 0.549. The van der Waals surface area contributed by atoms with Crippen LogP contribution in [-0.4, -0.2) is 11.9 Å². The van der Waals surface area contributed by atoms with E-state index in [1.807, 2.05) is 0 Å². The molecule has 4 N–H and O–H groups in total. The summed E-state index contributed by atoms with van der Waals surface area (Å²) in [5.41, 5.74) is 9.82. The summed E-state index contributed by atoms with van der Waals surface area (Å²) < 4.78 is 0. The van der Waals surface area contributed by atoms with Gasteiger partial charge in [-0.05, 0) is 0 Å². The molecule has 1 amide bonds. The standard InChI is InChI=1S/C4H9N2O.Y/c1-2-3(5)4(6)7;/h3H,1-2,5H2,(H2,6,7);/q-1;. The van der Waals surface area contributed by atoms with Crippen molar-refractivity contribution < 1.29 is 37.5 Å². The molecule has 0 bridgehead atoms. The molecular formula is C4H9N2OY-. The molecular weight excluding hydrogens is 181 g/mol. The van der Waals surface area contributed by atoms with Gasteiger partial charge in [-0.1, -0.05) is 0 Å². The molecule has 0 aromatic heterocycles. The molecule has 45 valence electrons. The second-order valence-corrected chi connectivity index (χ2v) is 1.30. The Kier molecular flexibility index (Phi) is 8.04. The van der Waals surface area contributed by atoms with E-state index in [0.717, 1.165) is 0 Å². The summed E-state index contributed by atoms with van der Waals surface area (Å²) in [7, 11) is 0. The van der Waals surface area contributed by atoms with Crippen molar-refractivity contribution in [2.45, 2.75) is 12.5 Å². The molecule has 8 heavy (non-hydrogen) atoms. The number of amides is 1. The van der Waals surface area contributed by atoms with Gasteiger partial charge >= 0.3 is 0 Å². The number of hydrogen-bond donors (Lipinski definition) is 2. The summed E-state index contributed by atoms with van der Waals surface area (Å²) >= 11 is 0. The molecule has 1 unspecified atom stereocenters. The Labute approximate surface area is 74.1 Å². The molecule has 0 saturated carbocycles. The smallest absolute Gasteiger partial charge is 0.231 e. The van der Waals surface area contributed by atoms with Crippen LogP contribution < -0.4 is 11.5 Å². The number of primary amides is 1. The predicted octanol–water partition coefficient (Wildman–Crippen LogP) is -0.979. The first kappa shape index (κ1) is 11.3. The van der Waals surface area contributed by atoms with E-state index < -0.39 is 11.9 Å². The van der Waals surface area contributed by atoms with E-state index >= 15 is 0 Å². The first-order valence-corrected chi connectivity index (χ1v) is 2.02. The maximum absolute atomic E-state index is 9.99. The van der Waals surface area contributed by atoms with Gasteiger partial charge in [0, 0.05) is 32.7 Å². The predicted molar refractivity (Wildman–Crippen MR) is 27.1 cm³/mol. The van der Waals surface area contributed by atoms with Gasteiger partial charge in [-0.2, -0.15) is 6.42 Å². The van der Waals surface area contributed by atoms with Crippen LogP contribution in [-0.2, 0) is 37.5 Å². The van der Waals surface area contributed by atoms with E-state index in [9.17, 15) is 4.79 Å². The van der Waals surface area contributed by atoms with Gasteiger partial charge in [-0.25, -0.2) is 0 Å². The largest absolute Gasteiger partial charge is 0.368 e. The van der Waals surface area contributed by atoms with Crippen molar-refractivity contribution in [3.8, 4) is 0 Å². The third kappa shape index (κ3) is 4.69. The Morgan fingerprint density at radius 2 is 2.12 bits per heavy atom. The van der Waals surface area contributed by atoms with Gasteiger partial charge in [0.1, 0.15) is 0 Å². The molecule has 3 nitrogen and oxygen atoms in total. The van der Waals surface area contributed by atoms with E-state index in [-0.39, 0.29) is 32.7 Å². The molecule has 1 atom stereocenters. The normalized spacial score (nSPS) is 11.8. The summed E-state index contributed by atoms with van der Waals surface area (Å²) in [6, 6.07) is -0.569. The molecule has 0 aliphatic heterocycles. The van der Waals surface area contributed by atoms with Crippen molar-refractivity contribution in [2.75, 3.05) is 0 Å². The minimum absolute atomic E-state index is 0. The summed E-state index contributed by atoms with van der Waals surface area (Å²) in [5.74, 6) is -0.491. The van der Waals surface area contributed by atoms with Crippen molar-refractivity contribution in [1.82, 2.24) is 0 Å². The van der Waals surface area contributed by atoms with Gasteiger partial charge < -0.3 is 18.4 Å². The van der Waals surface area contributed by atoms with Crippen LogP contribution in [0.4, 0.5) is 0 Å². The van der Waals surface area contributed by atoms with Gasteiger partial charge in [-0.15, -0.1) is 0 Å². The minimum atomic E-state index is -0.569. The number of carbonyl (C=O) groups excluding carboxylic acids is 1. The van der Waals surface area contributed by atoms with Gasteiger partial charge in [0.05, 0.1) is 6.04 Å². The van der Waals surface area contributed by atoms with E-state index in [2.05, 4.69) is 6.92 Å². The average molecular weight is 190 g/mol. The summed E-state index contributed by atoms with van der Waals surface area (Å²) in [6.45, 7) is 3.38. The Bertz CT molecular complexity index is 76.4. The van der Waals surface area contributed by atoms with E-state index in [4.69, 9.17) is 11.5 Å². The number of rotatable bonds is 2. The zero-order valence-corrected chi connectivity index (χ0v) is 7.47. The maximum atomic E-state index is 9.99. The van der Waals surface area contributed by atoms with Gasteiger partial charge in [0.25, 0.3) is 0 Å². The number of nitrogens with two attached hydrogens (primary N) is 2. The molecule has 0 aliphatic rings. The van der Waals surface area contributed by atoms with Crippen LogP contribution in [0.5, 0.6) is 0 Å². The van der Waals surface area contributed by atoms with Crippen molar-refractivity contribution in [3.63, 3.8) is 0 Å². The van der Waals surface area contributed by atoms with Crippen LogP contribution in [0.15, 0.2) is 0 Å². The molecule has 1 radical (unpaired) electrons. The average Bonchev–Trinajstić information content (AvgIpc) is 1.65. The van der Waals surface area contributed by atoms with E-state index in [1.165, 1.54) is 0 Å². The summed E-state index contributed by atoms with van der Waals surface area (Å²) in [5, 5.41) is 0. The molecule has 4 heteroatoms. The number of hydrogen-bond acceptors (Lipinski definition) is 2. The van der Waals surface area contributed by atoms with Crippen LogP contribution in [0, 0.1) is 6.92 Å². The monoisotopic (exact) mass is 190 g/mol. The molecule has 0 spiro atoms. The topological polar surface area (TPSA) is 69.1 Å². The first-order chi connectivity index (χ1) is 3.18. The molecule has 0 aliphatic carbocycles. The van der Waals surface area contributed by atoms with Crippen LogP contribution in [0.1, 0.15) is 6.42 Å². The Morgan fingerprint density at radius 1 is 1.75 bits per heavy atom. The Hall–Kier alpha value is 0.534. The Morgan fingerprint density at radius 3 is 2.12 bits per heavy atom. The fourth-order valence-corrected chi connectivity index (χ4v) is 0.142. The van der Waals surface area contributed by atoms with Gasteiger partial charge in [0.15, 0.2) is 0 Å². The SMILES string of the molecule is [CH2-]CC(N)C(N)=O.[Y]. The van der Waals surface area contributed by atoms with Crippen molar-refractivity contribution in [2.24, 2.45) is 11.5 Å². The molecule has 0 rings (SSSR count). The zero-order chi connectivity index (χ0) is 5.86. The zero-order valence-electron chi connectivity index (χ0n) is 4.63. The van der Waals surface area contributed by atoms with E-state index in [0.29, 0.717) is 6.42 Å². The van der Waals surface area contributed by atoms with Crippen molar-refractivity contribution in [1.29, 1.82) is 0 Å². The summed E-state index contributed by atoms with van der Waals surface area (Å²) in [4.78, 5) is 9.99. The third-order valence-corrected chi connectivity index (χ3v) is 0.676. The van der Waals surface area contributed by atoms with Crippen molar-refractivity contribution >= 4 is 5.91 Å². The first-order valence-electron chi connectivity index (χ1n) is 2.02. The molecule has 0 fully saturated rings. The molecule has 0 aromatic rings. The molecule has 0 heterocycles. The minimum Gasteiger partial charge on any atom is -0.368 e. The third-order valence-electron chi connectivity index (χ3n) is 0.676. The fourth-order valence-electron chi connectivity index (χ4n) is 0.142.